The average Bonchev–Trinajstić information content (AvgIpc) is 3.20. The van der Waals surface area contributed by atoms with Crippen molar-refractivity contribution in [2.45, 2.75) is 39.0 Å². The number of carboxylic acids is 1. The first-order chi connectivity index (χ1) is 17.2. The Labute approximate surface area is 207 Å². The first kappa shape index (κ1) is 25.1. The number of hydrogen-bond acceptors (Lipinski definition) is 3. The predicted molar refractivity (Wildman–Crippen MR) is 130 cm³/mol. The maximum Gasteiger partial charge on any atom is 0.416 e. The van der Waals surface area contributed by atoms with E-state index in [4.69, 9.17) is 4.74 Å². The van der Waals surface area contributed by atoms with E-state index >= 15 is 0 Å². The van der Waals surface area contributed by atoms with Gasteiger partial charge in [-0.25, -0.2) is 0 Å². The normalized spacial score (nSPS) is 12.4. The first-order valence-corrected chi connectivity index (χ1v) is 11.6. The topological polar surface area (TPSA) is 54.3 Å². The monoisotopic (exact) mass is 492 g/mol. The maximum atomic E-state index is 13.1. The fraction of sp³-hybridized carbons (Fsp3) is 0.207. The summed E-state index contributed by atoms with van der Waals surface area (Å²) in [4.78, 5) is 11.7. The van der Waals surface area contributed by atoms with Crippen LogP contribution in [0.3, 0.4) is 0 Å². The molecule has 1 heterocycles. The van der Waals surface area contributed by atoms with E-state index < -0.39 is 23.8 Å². The summed E-state index contributed by atoms with van der Waals surface area (Å²) in [5.74, 6) is -0.924. The van der Waals surface area contributed by atoms with Gasteiger partial charge in [-0.15, -0.1) is 0 Å². The van der Waals surface area contributed by atoms with Gasteiger partial charge >= 0.3 is 6.18 Å². The Balaban J connectivity index is 1.63. The molecule has 0 amide bonds. The zero-order valence-electron chi connectivity index (χ0n) is 19.9. The zero-order valence-corrected chi connectivity index (χ0v) is 19.9. The van der Waals surface area contributed by atoms with Gasteiger partial charge in [0.25, 0.3) is 0 Å². The lowest BCUT2D eigenvalue weighted by Crippen LogP contribution is -2.41. The van der Waals surface area contributed by atoms with E-state index in [0.29, 0.717) is 17.9 Å². The number of carbonyl (C=O) groups excluding carboxylic acids is 1. The second kappa shape index (κ2) is 10.3. The number of nitrogens with zero attached hydrogens (tertiary/aromatic N) is 1. The number of alkyl halides is 3. The van der Waals surface area contributed by atoms with Crippen LogP contribution in [0, 0.1) is 6.92 Å². The highest BCUT2D eigenvalue weighted by Gasteiger charge is 2.30. The van der Waals surface area contributed by atoms with Crippen LogP contribution < -0.4 is 9.84 Å². The number of carbonyl (C=O) groups is 1. The summed E-state index contributed by atoms with van der Waals surface area (Å²) in [5.41, 5.74) is 4.35. The van der Waals surface area contributed by atoms with Crippen LogP contribution in [0.15, 0.2) is 84.9 Å². The van der Waals surface area contributed by atoms with E-state index in [1.165, 1.54) is 12.1 Å². The maximum absolute atomic E-state index is 13.1. The van der Waals surface area contributed by atoms with Gasteiger partial charge < -0.3 is 19.2 Å². The van der Waals surface area contributed by atoms with E-state index in [1.54, 1.807) is 12.1 Å². The van der Waals surface area contributed by atoms with Crippen molar-refractivity contribution in [3.05, 3.63) is 107 Å². The van der Waals surface area contributed by atoms with E-state index in [2.05, 4.69) is 0 Å². The molecule has 0 saturated heterocycles. The minimum Gasteiger partial charge on any atom is -0.546 e. The van der Waals surface area contributed by atoms with Crippen molar-refractivity contribution in [2.75, 3.05) is 0 Å². The van der Waals surface area contributed by atoms with Crippen molar-refractivity contribution in [3.8, 4) is 22.7 Å². The third-order valence-corrected chi connectivity index (χ3v) is 6.02. The average molecular weight is 493 g/mol. The molecular weight excluding hydrogens is 467 g/mol. The SMILES string of the molecule is CCc1cc(C)c(-c2ccc(O[C@H](Cc3ccccc3)C(=O)[O-])cc2)n1-c1ccc(C(F)(F)F)cc1. The second-order valence-electron chi connectivity index (χ2n) is 8.54. The number of aromatic nitrogens is 1. The summed E-state index contributed by atoms with van der Waals surface area (Å²) >= 11 is 0. The van der Waals surface area contributed by atoms with Crippen LogP contribution in [0.4, 0.5) is 13.2 Å². The summed E-state index contributed by atoms with van der Waals surface area (Å²) < 4.78 is 46.8. The molecular formula is C29H25F3NO3-. The van der Waals surface area contributed by atoms with Crippen LogP contribution in [0.1, 0.15) is 29.3 Å². The van der Waals surface area contributed by atoms with Crippen LogP contribution in [-0.4, -0.2) is 16.6 Å². The van der Waals surface area contributed by atoms with Crippen molar-refractivity contribution >= 4 is 5.97 Å². The molecule has 1 aromatic heterocycles. The van der Waals surface area contributed by atoms with Crippen molar-refractivity contribution in [1.82, 2.24) is 4.57 Å². The molecule has 4 rings (SSSR count). The standard InChI is InChI=1S/C29H26F3NO3/c1-3-23-17-19(2)27(33(23)24-13-11-22(12-14-24)29(30,31)32)21-9-15-25(16-10-21)36-26(28(34)35)18-20-7-5-4-6-8-20/h4-17,26H,3,18H2,1-2H3,(H,34,35)/p-1/t26-/m1/s1. The summed E-state index contributed by atoms with van der Waals surface area (Å²) in [5, 5.41) is 11.7. The van der Waals surface area contributed by atoms with Crippen LogP contribution in [0.5, 0.6) is 5.75 Å². The summed E-state index contributed by atoms with van der Waals surface area (Å²) in [7, 11) is 0. The Bertz CT molecular complexity index is 1330. The zero-order chi connectivity index (χ0) is 25.9. The second-order valence-corrected chi connectivity index (χ2v) is 8.54. The van der Waals surface area contributed by atoms with Crippen molar-refractivity contribution in [3.63, 3.8) is 0 Å². The Morgan fingerprint density at radius 1 is 0.972 bits per heavy atom. The van der Waals surface area contributed by atoms with E-state index in [-0.39, 0.29) is 6.42 Å². The Morgan fingerprint density at radius 3 is 2.17 bits per heavy atom. The van der Waals surface area contributed by atoms with Gasteiger partial charge in [0.15, 0.2) is 0 Å². The van der Waals surface area contributed by atoms with E-state index in [0.717, 1.165) is 40.2 Å². The smallest absolute Gasteiger partial charge is 0.416 e. The van der Waals surface area contributed by atoms with Crippen LogP contribution in [0.25, 0.3) is 16.9 Å². The Hall–Kier alpha value is -4.00. The highest BCUT2D eigenvalue weighted by Crippen LogP contribution is 2.34. The van der Waals surface area contributed by atoms with Crippen molar-refractivity contribution in [1.29, 1.82) is 0 Å². The molecule has 0 fully saturated rings. The fourth-order valence-corrected chi connectivity index (χ4v) is 4.27. The van der Waals surface area contributed by atoms with Gasteiger partial charge in [-0.2, -0.15) is 13.2 Å². The van der Waals surface area contributed by atoms with Crippen LogP contribution in [-0.2, 0) is 23.8 Å². The minimum absolute atomic E-state index is 0.167. The molecule has 0 spiro atoms. The highest BCUT2D eigenvalue weighted by atomic mass is 19.4. The molecule has 36 heavy (non-hydrogen) atoms. The first-order valence-electron chi connectivity index (χ1n) is 11.6. The Morgan fingerprint density at radius 2 is 1.61 bits per heavy atom. The number of carboxylic acid groups (broad SMARTS) is 1. The quantitative estimate of drug-likeness (QED) is 0.314. The summed E-state index contributed by atoms with van der Waals surface area (Å²) in [6.45, 7) is 3.94. The molecule has 0 aliphatic carbocycles. The van der Waals surface area contributed by atoms with E-state index in [1.807, 2.05) is 66.9 Å². The molecule has 0 N–H and O–H groups in total. The third kappa shape index (κ3) is 5.46. The van der Waals surface area contributed by atoms with Gasteiger partial charge in [0.2, 0.25) is 0 Å². The number of halogens is 3. The molecule has 7 heteroatoms. The van der Waals surface area contributed by atoms with Crippen LogP contribution >= 0.6 is 0 Å². The molecule has 0 unspecified atom stereocenters. The lowest BCUT2D eigenvalue weighted by atomic mass is 10.1. The van der Waals surface area contributed by atoms with Crippen molar-refractivity contribution < 1.29 is 27.8 Å². The molecule has 4 nitrogen and oxygen atoms in total. The molecule has 0 bridgehead atoms. The molecule has 0 aliphatic rings. The van der Waals surface area contributed by atoms with Crippen LogP contribution in [0.2, 0.25) is 0 Å². The lowest BCUT2D eigenvalue weighted by Gasteiger charge is -2.20. The molecule has 4 aromatic rings. The third-order valence-electron chi connectivity index (χ3n) is 6.02. The lowest BCUT2D eigenvalue weighted by molar-refractivity contribution is -0.313. The van der Waals surface area contributed by atoms with Gasteiger partial charge in [0.05, 0.1) is 17.2 Å². The van der Waals surface area contributed by atoms with Gasteiger partial charge in [0, 0.05) is 17.8 Å². The van der Waals surface area contributed by atoms with E-state index in [9.17, 15) is 23.1 Å². The minimum atomic E-state index is -4.40. The number of aryl methyl sites for hydroxylation is 2. The molecule has 0 saturated carbocycles. The fourth-order valence-electron chi connectivity index (χ4n) is 4.27. The molecule has 0 radical (unpaired) electrons. The number of hydrogen-bond donors (Lipinski definition) is 0. The number of ether oxygens (including phenoxy) is 1. The van der Waals surface area contributed by atoms with Gasteiger partial charge in [-0.05, 0) is 84.6 Å². The summed E-state index contributed by atoms with van der Waals surface area (Å²) in [6, 6.07) is 23.3. The van der Waals surface area contributed by atoms with Gasteiger partial charge in [-0.1, -0.05) is 37.3 Å². The largest absolute Gasteiger partial charge is 0.546 e. The molecule has 1 atom stereocenters. The summed E-state index contributed by atoms with van der Waals surface area (Å²) in [6.07, 6.45) is -4.69. The highest BCUT2D eigenvalue weighted by molar-refractivity contribution is 5.72. The van der Waals surface area contributed by atoms with Gasteiger partial charge in [0.1, 0.15) is 11.9 Å². The van der Waals surface area contributed by atoms with Crippen molar-refractivity contribution in [2.24, 2.45) is 0 Å². The molecule has 0 aliphatic heterocycles. The Kier molecular flexibility index (Phi) is 7.20. The number of aliphatic carboxylic acids is 1. The molecule has 3 aromatic carbocycles. The molecule has 186 valence electrons. The number of benzene rings is 3. The predicted octanol–water partition coefficient (Wildman–Crippen LogP) is 5.77. The number of rotatable bonds is 8. The van der Waals surface area contributed by atoms with Gasteiger partial charge in [-0.3, -0.25) is 0 Å².